The summed E-state index contributed by atoms with van der Waals surface area (Å²) in [5, 5.41) is 17.8. The molecule has 0 fully saturated rings. The van der Waals surface area contributed by atoms with E-state index in [0.717, 1.165) is 15.6 Å². The van der Waals surface area contributed by atoms with E-state index in [0.29, 0.717) is 16.3 Å². The van der Waals surface area contributed by atoms with Crippen LogP contribution in [0.1, 0.15) is 5.69 Å². The van der Waals surface area contributed by atoms with E-state index >= 15 is 0 Å². The fourth-order valence-electron chi connectivity index (χ4n) is 3.50. The Balaban J connectivity index is 2.06. The highest BCUT2D eigenvalue weighted by molar-refractivity contribution is 6.34. The van der Waals surface area contributed by atoms with Crippen molar-refractivity contribution in [2.24, 2.45) is 5.10 Å². The Morgan fingerprint density at radius 2 is 1.48 bits per heavy atom. The maximum atomic E-state index is 14.2. The van der Waals surface area contributed by atoms with Gasteiger partial charge >= 0.3 is 7.40 Å². The van der Waals surface area contributed by atoms with Crippen LogP contribution < -0.4 is 9.49 Å². The Kier molecular flexibility index (Phi) is 4.92. The maximum absolute atomic E-state index is 14.2. The lowest BCUT2D eigenvalue weighted by Gasteiger charge is -2.14. The number of anilines is 1. The molecular weight excluding hydrogens is 369 g/mol. The first-order valence-corrected chi connectivity index (χ1v) is 9.03. The van der Waals surface area contributed by atoms with Gasteiger partial charge in [0.1, 0.15) is 6.07 Å². The number of hydrogen-bond acceptors (Lipinski definition) is 3. The second-order valence-electron chi connectivity index (χ2n) is 6.48. The van der Waals surface area contributed by atoms with Gasteiger partial charge < -0.3 is 0 Å². The van der Waals surface area contributed by atoms with Crippen LogP contribution in [0.2, 0.25) is 0 Å². The van der Waals surface area contributed by atoms with Gasteiger partial charge in [0.25, 0.3) is 0 Å². The first-order valence-electron chi connectivity index (χ1n) is 9.03. The Labute approximate surface area is 167 Å². The number of hydrogen-bond donors (Lipinski definition) is 0. The number of halogens is 2. The monoisotopic (exact) mass is 385 g/mol. The average molecular weight is 385 g/mol. The molecule has 140 valence electrons. The molecule has 0 amide bonds. The summed E-state index contributed by atoms with van der Waals surface area (Å²) in [5.41, 5.74) is 1.11. The molecule has 0 aliphatic heterocycles. The summed E-state index contributed by atoms with van der Waals surface area (Å²) in [6.07, 6.45) is 0. The molecule has 0 aliphatic carbocycles. The average Bonchev–Trinajstić information content (AvgIpc) is 2.77. The normalized spacial score (nSPS) is 11.4. The highest BCUT2D eigenvalue weighted by Gasteiger charge is 2.40. The van der Waals surface area contributed by atoms with Crippen LogP contribution in [0.25, 0.3) is 21.7 Å². The fraction of sp³-hybridized carbons (Fsp3) is 0.0455. The number of hydrazone groups is 1. The lowest BCUT2D eigenvalue weighted by atomic mass is 9.97. The molecule has 0 bridgehead atoms. The summed E-state index contributed by atoms with van der Waals surface area (Å²) < 4.78 is 29.3. The molecule has 0 aliphatic rings. The Morgan fingerprint density at radius 1 is 0.897 bits per heavy atom. The molecule has 0 saturated heterocycles. The van der Waals surface area contributed by atoms with Crippen molar-refractivity contribution in [3.8, 4) is 6.07 Å². The minimum atomic E-state index is -2.83. The van der Waals surface area contributed by atoms with Gasteiger partial charge in [-0.3, -0.25) is 5.01 Å². The largest absolute Gasteiger partial charge is 0.935 e. The third-order valence-corrected chi connectivity index (χ3v) is 4.78. The summed E-state index contributed by atoms with van der Waals surface area (Å²) in [6.45, 7) is 0. The topological polar surface area (TPSA) is 43.3 Å². The second kappa shape index (κ2) is 7.68. The van der Waals surface area contributed by atoms with E-state index < -0.39 is 7.40 Å². The summed E-state index contributed by atoms with van der Waals surface area (Å²) in [5.74, 6) is 0. The molecule has 4 aromatic rings. The molecule has 0 N–H and O–H groups in total. The molecule has 3 aromatic carbocycles. The lowest BCUT2D eigenvalue weighted by molar-refractivity contribution is -0.525. The Morgan fingerprint density at radius 3 is 2.14 bits per heavy atom. The van der Waals surface area contributed by atoms with Crippen molar-refractivity contribution in [1.82, 2.24) is 0 Å². The van der Waals surface area contributed by atoms with Crippen molar-refractivity contribution in [3.05, 3.63) is 84.6 Å². The number of rotatable bonds is 4. The minimum absolute atomic E-state index is 0.0846. The van der Waals surface area contributed by atoms with E-state index in [1.54, 1.807) is 37.4 Å². The van der Waals surface area contributed by atoms with E-state index in [1.165, 1.54) is 5.01 Å². The predicted molar refractivity (Wildman–Crippen MR) is 112 cm³/mol. The summed E-state index contributed by atoms with van der Waals surface area (Å²) >= 11 is 0. The number of pyridine rings is 1. The molecule has 0 unspecified atom stereocenters. The number of fused-ring (bicyclic) bond motifs is 3. The molecule has 0 spiro atoms. The fourth-order valence-corrected chi connectivity index (χ4v) is 3.50. The van der Waals surface area contributed by atoms with E-state index in [9.17, 15) is 13.9 Å². The van der Waals surface area contributed by atoms with Crippen LogP contribution in [0, 0.1) is 11.3 Å². The van der Waals surface area contributed by atoms with Gasteiger partial charge in [-0.15, -0.1) is 0 Å². The maximum Gasteiger partial charge on any atom is 0.935 e. The zero-order chi connectivity index (χ0) is 20.4. The predicted octanol–water partition coefficient (Wildman–Crippen LogP) is 4.42. The SMILES string of the molecule is CN(/N=C(/C#N)c1c2ccccc2c2ccccc2[n+]1B(F)F)c1ccccc1. The Hall–Kier alpha value is -3.79. The number of para-hydroxylation sites is 2. The van der Waals surface area contributed by atoms with Crippen LogP contribution in [0.5, 0.6) is 0 Å². The standard InChI is InChI=1S/C22H16BF2N4/c1-28(16-9-3-2-4-10-16)27-20(15-26)22-19-13-6-5-11-17(19)18-12-7-8-14-21(18)29(22)23(24)25/h2-14H,1H3/q+1. The molecule has 4 rings (SSSR count). The zero-order valence-corrected chi connectivity index (χ0v) is 15.6. The van der Waals surface area contributed by atoms with Gasteiger partial charge in [0, 0.05) is 18.5 Å². The van der Waals surface area contributed by atoms with Gasteiger partial charge in [-0.2, -0.15) is 10.4 Å². The van der Waals surface area contributed by atoms with Crippen molar-refractivity contribution in [2.45, 2.75) is 0 Å². The minimum Gasteiger partial charge on any atom is -0.267 e. The highest BCUT2D eigenvalue weighted by atomic mass is 19.2. The molecule has 1 heterocycles. The van der Waals surface area contributed by atoms with Crippen LogP contribution in [-0.4, -0.2) is 20.2 Å². The van der Waals surface area contributed by atoms with Crippen LogP contribution in [0.3, 0.4) is 0 Å². The van der Waals surface area contributed by atoms with Gasteiger partial charge in [-0.1, -0.05) is 48.5 Å². The summed E-state index contributed by atoms with van der Waals surface area (Å²) in [4.78, 5) is 0. The number of aromatic nitrogens is 1. The van der Waals surface area contributed by atoms with Gasteiger partial charge in [-0.25, -0.2) is 13.1 Å². The third kappa shape index (κ3) is 3.30. The summed E-state index contributed by atoms with van der Waals surface area (Å²) in [7, 11) is -1.15. The molecular formula is C22H16BF2N4+. The van der Waals surface area contributed by atoms with Crippen LogP contribution in [-0.2, 0) is 0 Å². The smallest absolute Gasteiger partial charge is 0.267 e. The van der Waals surface area contributed by atoms with Crippen molar-refractivity contribution >= 4 is 40.5 Å². The van der Waals surface area contributed by atoms with Gasteiger partial charge in [-0.05, 0) is 24.3 Å². The van der Waals surface area contributed by atoms with Crippen LogP contribution in [0.15, 0.2) is 84.0 Å². The molecule has 29 heavy (non-hydrogen) atoms. The van der Waals surface area contributed by atoms with E-state index in [1.807, 2.05) is 54.6 Å². The first-order chi connectivity index (χ1) is 14.1. The van der Waals surface area contributed by atoms with Crippen LogP contribution >= 0.6 is 0 Å². The van der Waals surface area contributed by atoms with Crippen LogP contribution in [0.4, 0.5) is 14.3 Å². The molecule has 0 atom stereocenters. The van der Waals surface area contributed by atoms with E-state index in [-0.39, 0.29) is 11.4 Å². The van der Waals surface area contributed by atoms with Crippen molar-refractivity contribution in [1.29, 1.82) is 5.26 Å². The summed E-state index contributed by atoms with van der Waals surface area (Å²) in [6, 6.07) is 25.4. The highest BCUT2D eigenvalue weighted by Crippen LogP contribution is 2.26. The van der Waals surface area contributed by atoms with E-state index in [2.05, 4.69) is 5.10 Å². The quantitative estimate of drug-likeness (QED) is 0.226. The molecule has 1 aromatic heterocycles. The number of nitrogens with zero attached hydrogens (tertiary/aromatic N) is 4. The van der Waals surface area contributed by atoms with Crippen molar-refractivity contribution in [2.75, 3.05) is 12.1 Å². The molecule has 0 radical (unpaired) electrons. The van der Waals surface area contributed by atoms with Crippen molar-refractivity contribution in [3.63, 3.8) is 0 Å². The molecule has 7 heteroatoms. The molecule has 4 nitrogen and oxygen atoms in total. The van der Waals surface area contributed by atoms with E-state index in [4.69, 9.17) is 0 Å². The number of nitriles is 1. The zero-order valence-electron chi connectivity index (χ0n) is 15.6. The molecule has 0 saturated carbocycles. The second-order valence-corrected chi connectivity index (χ2v) is 6.48. The first kappa shape index (κ1) is 18.6. The number of benzene rings is 3. The van der Waals surface area contributed by atoms with Gasteiger partial charge in [0.15, 0.2) is 5.52 Å². The third-order valence-electron chi connectivity index (χ3n) is 4.78. The van der Waals surface area contributed by atoms with Crippen molar-refractivity contribution < 1.29 is 13.1 Å². The Bertz CT molecular complexity index is 1270. The van der Waals surface area contributed by atoms with Gasteiger partial charge in [0.05, 0.1) is 16.5 Å². The lowest BCUT2D eigenvalue weighted by Crippen LogP contribution is -2.51. The van der Waals surface area contributed by atoms with Gasteiger partial charge in [0.2, 0.25) is 11.4 Å².